The standard InChI is InChI=1S/C20H20F2N6O2S/c1-12-5-18-17(11-24-12)16(8-23)19(28(18)14-3-2-4-14)20-25-9-15(10-26-20)31(29,30)27-13(6-21)7-22/h5,9-11,13-14,27H,2-4,6-7H2,1H3. The number of hydrogen-bond acceptors (Lipinski definition) is 6. The van der Waals surface area contributed by atoms with Gasteiger partial charge in [0.05, 0.1) is 29.5 Å². The largest absolute Gasteiger partial charge is 0.334 e. The molecule has 0 saturated heterocycles. The summed E-state index contributed by atoms with van der Waals surface area (Å²) in [6, 6.07) is 2.84. The van der Waals surface area contributed by atoms with E-state index < -0.39 is 29.4 Å². The number of hydrogen-bond donors (Lipinski definition) is 1. The van der Waals surface area contributed by atoms with Crippen molar-refractivity contribution in [1.29, 1.82) is 5.26 Å². The summed E-state index contributed by atoms with van der Waals surface area (Å²) in [7, 11) is -4.19. The molecule has 0 bridgehead atoms. The average Bonchev–Trinajstić information content (AvgIpc) is 3.04. The van der Waals surface area contributed by atoms with Gasteiger partial charge in [-0.15, -0.1) is 0 Å². The van der Waals surface area contributed by atoms with Crippen LogP contribution in [-0.4, -0.2) is 47.3 Å². The monoisotopic (exact) mass is 446 g/mol. The molecule has 1 aliphatic carbocycles. The van der Waals surface area contributed by atoms with Gasteiger partial charge in [0, 0.05) is 23.3 Å². The van der Waals surface area contributed by atoms with Crippen molar-refractivity contribution in [2.75, 3.05) is 13.3 Å². The van der Waals surface area contributed by atoms with E-state index in [4.69, 9.17) is 0 Å². The van der Waals surface area contributed by atoms with Crippen LogP contribution in [0, 0.1) is 18.3 Å². The second-order valence-corrected chi connectivity index (χ2v) is 9.22. The van der Waals surface area contributed by atoms with Gasteiger partial charge in [0.15, 0.2) is 5.82 Å². The van der Waals surface area contributed by atoms with Crippen molar-refractivity contribution in [3.8, 4) is 17.6 Å². The van der Waals surface area contributed by atoms with Gasteiger partial charge in [0.25, 0.3) is 0 Å². The maximum absolute atomic E-state index is 12.7. The van der Waals surface area contributed by atoms with E-state index in [1.807, 2.05) is 22.3 Å². The number of pyridine rings is 1. The Bertz CT molecular complexity index is 1260. The molecule has 0 atom stereocenters. The van der Waals surface area contributed by atoms with Crippen LogP contribution in [0.4, 0.5) is 8.78 Å². The Morgan fingerprint density at radius 2 is 1.90 bits per heavy atom. The zero-order valence-electron chi connectivity index (χ0n) is 16.7. The molecule has 1 fully saturated rings. The van der Waals surface area contributed by atoms with Crippen molar-refractivity contribution in [3.05, 3.63) is 35.9 Å². The first kappa shape index (κ1) is 21.3. The maximum atomic E-state index is 12.7. The van der Waals surface area contributed by atoms with Crippen LogP contribution in [0.2, 0.25) is 0 Å². The van der Waals surface area contributed by atoms with E-state index in [0.29, 0.717) is 16.6 Å². The van der Waals surface area contributed by atoms with Crippen LogP contribution in [0.15, 0.2) is 29.6 Å². The second-order valence-electron chi connectivity index (χ2n) is 7.50. The molecular formula is C20H20F2N6O2S. The first-order valence-corrected chi connectivity index (χ1v) is 11.2. The minimum atomic E-state index is -4.19. The fourth-order valence-electron chi connectivity index (χ4n) is 3.63. The van der Waals surface area contributed by atoms with Gasteiger partial charge in [-0.1, -0.05) is 0 Å². The van der Waals surface area contributed by atoms with Crippen LogP contribution in [0.5, 0.6) is 0 Å². The fraction of sp³-hybridized carbons (Fsp3) is 0.400. The molecule has 162 valence electrons. The normalized spacial score (nSPS) is 14.7. The Balaban J connectivity index is 1.82. The van der Waals surface area contributed by atoms with E-state index in [1.165, 1.54) is 0 Å². The number of nitriles is 1. The lowest BCUT2D eigenvalue weighted by atomic mass is 9.92. The van der Waals surface area contributed by atoms with Crippen LogP contribution in [0.25, 0.3) is 22.4 Å². The quantitative estimate of drug-likeness (QED) is 0.597. The molecule has 3 aromatic heterocycles. The summed E-state index contributed by atoms with van der Waals surface area (Å²) in [5.41, 5.74) is 2.56. The second kappa shape index (κ2) is 8.28. The van der Waals surface area contributed by atoms with Crippen LogP contribution < -0.4 is 4.72 Å². The molecule has 31 heavy (non-hydrogen) atoms. The molecule has 0 spiro atoms. The minimum Gasteiger partial charge on any atom is -0.334 e. The van der Waals surface area contributed by atoms with E-state index >= 15 is 0 Å². The number of alkyl halides is 2. The third-order valence-electron chi connectivity index (χ3n) is 5.42. The van der Waals surface area contributed by atoms with Crippen LogP contribution in [0.3, 0.4) is 0 Å². The van der Waals surface area contributed by atoms with E-state index in [-0.39, 0.29) is 16.8 Å². The predicted molar refractivity (Wildman–Crippen MR) is 109 cm³/mol. The zero-order chi connectivity index (χ0) is 22.2. The van der Waals surface area contributed by atoms with Gasteiger partial charge in [-0.2, -0.15) is 5.26 Å². The molecular weight excluding hydrogens is 426 g/mol. The first-order valence-electron chi connectivity index (χ1n) is 9.77. The van der Waals surface area contributed by atoms with E-state index in [2.05, 4.69) is 21.0 Å². The van der Waals surface area contributed by atoms with Gasteiger partial charge in [-0.05, 0) is 32.3 Å². The highest BCUT2D eigenvalue weighted by Gasteiger charge is 2.29. The van der Waals surface area contributed by atoms with E-state index in [9.17, 15) is 22.5 Å². The highest BCUT2D eigenvalue weighted by Crippen LogP contribution is 2.41. The number of nitrogens with one attached hydrogen (secondary N) is 1. The lowest BCUT2D eigenvalue weighted by molar-refractivity contribution is 0.323. The molecule has 1 saturated carbocycles. The number of halogens is 2. The molecule has 0 aliphatic heterocycles. The topological polar surface area (TPSA) is 114 Å². The number of aryl methyl sites for hydroxylation is 1. The summed E-state index contributed by atoms with van der Waals surface area (Å²) >= 11 is 0. The van der Waals surface area contributed by atoms with E-state index in [1.54, 1.807) is 6.20 Å². The van der Waals surface area contributed by atoms with Crippen molar-refractivity contribution >= 4 is 20.9 Å². The highest BCUT2D eigenvalue weighted by molar-refractivity contribution is 7.89. The summed E-state index contributed by atoms with van der Waals surface area (Å²) < 4.78 is 54.1. The Labute approximate surface area is 178 Å². The smallest absolute Gasteiger partial charge is 0.244 e. The van der Waals surface area contributed by atoms with Crippen LogP contribution >= 0.6 is 0 Å². The Kier molecular flexibility index (Phi) is 5.68. The number of sulfonamides is 1. The molecule has 1 aliphatic rings. The third kappa shape index (κ3) is 3.77. The first-order chi connectivity index (χ1) is 14.9. The zero-order valence-corrected chi connectivity index (χ0v) is 17.5. The Morgan fingerprint density at radius 1 is 1.23 bits per heavy atom. The number of fused-ring (bicyclic) bond motifs is 1. The number of rotatable bonds is 7. The average molecular weight is 446 g/mol. The molecule has 4 rings (SSSR count). The molecule has 8 nitrogen and oxygen atoms in total. The maximum Gasteiger partial charge on any atom is 0.244 e. The van der Waals surface area contributed by atoms with Crippen molar-refractivity contribution in [2.45, 2.75) is 43.2 Å². The molecule has 1 N–H and O–H groups in total. The Hall–Kier alpha value is -2.97. The van der Waals surface area contributed by atoms with Gasteiger partial charge in [-0.25, -0.2) is 31.9 Å². The van der Waals surface area contributed by atoms with Gasteiger partial charge in [0.2, 0.25) is 10.0 Å². The van der Waals surface area contributed by atoms with Crippen LogP contribution in [-0.2, 0) is 10.0 Å². The van der Waals surface area contributed by atoms with E-state index in [0.717, 1.165) is 42.9 Å². The number of aromatic nitrogens is 4. The van der Waals surface area contributed by atoms with Crippen molar-refractivity contribution in [1.82, 2.24) is 24.2 Å². The lowest BCUT2D eigenvalue weighted by Gasteiger charge is -2.29. The summed E-state index contributed by atoms with van der Waals surface area (Å²) in [6.45, 7) is -0.473. The van der Waals surface area contributed by atoms with Crippen molar-refractivity contribution < 1.29 is 17.2 Å². The number of nitrogens with zero attached hydrogens (tertiary/aromatic N) is 5. The molecule has 3 aromatic rings. The SMILES string of the molecule is Cc1cc2c(cn1)c(C#N)c(-c1ncc(S(=O)(=O)NC(CF)CF)cn1)n2C1CCC1. The van der Waals surface area contributed by atoms with Crippen LogP contribution in [0.1, 0.15) is 36.6 Å². The van der Waals surface area contributed by atoms with Crippen molar-refractivity contribution in [2.24, 2.45) is 0 Å². The van der Waals surface area contributed by atoms with Crippen molar-refractivity contribution in [3.63, 3.8) is 0 Å². The molecule has 0 radical (unpaired) electrons. The fourth-order valence-corrected chi connectivity index (χ4v) is 4.72. The molecule has 0 aromatic carbocycles. The summed E-state index contributed by atoms with van der Waals surface area (Å²) in [4.78, 5) is 12.4. The minimum absolute atomic E-state index is 0.185. The summed E-state index contributed by atoms with van der Waals surface area (Å²) in [5.74, 6) is 0.198. The summed E-state index contributed by atoms with van der Waals surface area (Å²) in [6.07, 6.45) is 6.78. The molecule has 3 heterocycles. The van der Waals surface area contributed by atoms with Gasteiger partial charge >= 0.3 is 0 Å². The third-order valence-corrected chi connectivity index (χ3v) is 6.90. The molecule has 11 heteroatoms. The highest BCUT2D eigenvalue weighted by atomic mass is 32.2. The van der Waals surface area contributed by atoms with Gasteiger partial charge < -0.3 is 4.57 Å². The Morgan fingerprint density at radius 3 is 2.45 bits per heavy atom. The predicted octanol–water partition coefficient (Wildman–Crippen LogP) is 2.98. The van der Waals surface area contributed by atoms with Gasteiger partial charge in [0.1, 0.15) is 30.0 Å². The molecule has 0 unspecified atom stereocenters. The lowest BCUT2D eigenvalue weighted by Crippen LogP contribution is -2.38. The summed E-state index contributed by atoms with van der Waals surface area (Å²) in [5, 5.41) is 10.5. The molecule has 0 amide bonds. The van der Waals surface area contributed by atoms with Gasteiger partial charge in [-0.3, -0.25) is 4.98 Å².